The molecule has 1 aliphatic heterocycles. The first-order valence-corrected chi connectivity index (χ1v) is 10.1. The number of benzene rings is 1. The van der Waals surface area contributed by atoms with Crippen molar-refractivity contribution in [2.45, 2.75) is 32.1 Å². The Hall–Kier alpha value is -2.18. The van der Waals surface area contributed by atoms with Crippen molar-refractivity contribution in [3.8, 4) is 5.75 Å². The van der Waals surface area contributed by atoms with Crippen molar-refractivity contribution in [1.29, 1.82) is 0 Å². The molecule has 1 fully saturated rings. The summed E-state index contributed by atoms with van der Waals surface area (Å²) in [6.45, 7) is 2.09. The van der Waals surface area contributed by atoms with Crippen molar-refractivity contribution >= 4 is 28.2 Å². The van der Waals surface area contributed by atoms with Crippen molar-refractivity contribution in [1.82, 2.24) is 15.3 Å². The number of fused-ring (bicyclic) bond motifs is 1. The average Bonchev–Trinajstić information content (AvgIpc) is 3.31. The monoisotopic (exact) mass is 369 g/mol. The number of phenolic OH excluding ortho intramolecular Hbond substituents is 1. The first kappa shape index (κ1) is 17.2. The Kier molecular flexibility index (Phi) is 5.04. The van der Waals surface area contributed by atoms with Gasteiger partial charge < -0.3 is 15.4 Å². The smallest absolute Gasteiger partial charge is 0.165 e. The maximum absolute atomic E-state index is 12.8. The number of aromatic hydroxyl groups is 1. The number of carbonyl (C=O) groups excluding carboxylic acids is 1. The quantitative estimate of drug-likeness (QED) is 0.576. The maximum Gasteiger partial charge on any atom is 0.165 e. The molecule has 0 aliphatic carbocycles. The number of aromatic amines is 1. The number of rotatable bonds is 6. The molecule has 0 radical (unpaired) electrons. The molecule has 0 spiro atoms. The number of hydrogen-bond acceptors (Lipinski definition) is 5. The van der Waals surface area contributed by atoms with Gasteiger partial charge in [0.1, 0.15) is 22.6 Å². The lowest BCUT2D eigenvalue weighted by Gasteiger charge is -2.22. The topological polar surface area (TPSA) is 78.0 Å². The van der Waals surface area contributed by atoms with E-state index in [0.29, 0.717) is 35.4 Å². The Balaban J connectivity index is 1.54. The summed E-state index contributed by atoms with van der Waals surface area (Å²) < 4.78 is 0. The van der Waals surface area contributed by atoms with Gasteiger partial charge in [0, 0.05) is 23.3 Å². The van der Waals surface area contributed by atoms with E-state index in [2.05, 4.69) is 21.4 Å². The van der Waals surface area contributed by atoms with Gasteiger partial charge in [-0.2, -0.15) is 0 Å². The van der Waals surface area contributed by atoms with Gasteiger partial charge >= 0.3 is 0 Å². The molecular weight excluding hydrogens is 346 g/mol. The Morgan fingerprint density at radius 2 is 2.27 bits per heavy atom. The van der Waals surface area contributed by atoms with Crippen LogP contribution in [0, 0.1) is 5.92 Å². The van der Waals surface area contributed by atoms with Crippen molar-refractivity contribution in [2.75, 3.05) is 13.1 Å². The zero-order valence-corrected chi connectivity index (χ0v) is 15.4. The van der Waals surface area contributed by atoms with Crippen molar-refractivity contribution in [3.05, 3.63) is 45.9 Å². The number of H-pyrrole nitrogens is 1. The fraction of sp³-hybridized carbons (Fsp3) is 0.400. The number of phenols is 1. The van der Waals surface area contributed by atoms with E-state index >= 15 is 0 Å². The van der Waals surface area contributed by atoms with E-state index in [0.717, 1.165) is 25.3 Å². The Bertz CT molecular complexity index is 895. The molecule has 4 rings (SSSR count). The highest BCUT2D eigenvalue weighted by atomic mass is 32.1. The number of nitrogens with zero attached hydrogens (tertiary/aromatic N) is 1. The van der Waals surface area contributed by atoms with Gasteiger partial charge in [0.2, 0.25) is 0 Å². The van der Waals surface area contributed by atoms with Crippen molar-refractivity contribution in [2.24, 2.45) is 5.92 Å². The summed E-state index contributed by atoms with van der Waals surface area (Å²) in [5.74, 6) is 1.59. The molecule has 26 heavy (non-hydrogen) atoms. The molecule has 0 unspecified atom stereocenters. The second-order valence-electron chi connectivity index (χ2n) is 6.97. The summed E-state index contributed by atoms with van der Waals surface area (Å²) in [4.78, 5) is 21.8. The van der Waals surface area contributed by atoms with Crippen molar-refractivity contribution < 1.29 is 9.90 Å². The van der Waals surface area contributed by atoms with Crippen LogP contribution in [-0.4, -0.2) is 33.9 Å². The number of piperidine rings is 1. The fourth-order valence-electron chi connectivity index (χ4n) is 3.65. The summed E-state index contributed by atoms with van der Waals surface area (Å²) in [5.41, 5.74) is 1.75. The number of nitrogens with one attached hydrogen (secondary N) is 2. The number of aromatic nitrogens is 2. The molecule has 3 N–H and O–H groups in total. The van der Waals surface area contributed by atoms with E-state index in [9.17, 15) is 9.90 Å². The molecule has 5 nitrogen and oxygen atoms in total. The summed E-state index contributed by atoms with van der Waals surface area (Å²) in [6.07, 6.45) is 4.49. The maximum atomic E-state index is 12.8. The van der Waals surface area contributed by atoms with Gasteiger partial charge in [0.05, 0.1) is 0 Å². The lowest BCUT2D eigenvalue weighted by molar-refractivity contribution is 0.0973. The molecule has 3 aromatic rings. The molecule has 1 aliphatic rings. The zero-order chi connectivity index (χ0) is 17.9. The summed E-state index contributed by atoms with van der Waals surface area (Å²) >= 11 is 1.67. The van der Waals surface area contributed by atoms with Gasteiger partial charge in [-0.05, 0) is 61.8 Å². The molecule has 1 atom stereocenters. The summed E-state index contributed by atoms with van der Waals surface area (Å²) in [7, 11) is 0. The van der Waals surface area contributed by atoms with Gasteiger partial charge in [-0.25, -0.2) is 4.98 Å². The van der Waals surface area contributed by atoms with Gasteiger partial charge in [-0.3, -0.25) is 4.79 Å². The summed E-state index contributed by atoms with van der Waals surface area (Å²) in [5, 5.41) is 15.6. The van der Waals surface area contributed by atoms with E-state index in [-0.39, 0.29) is 11.5 Å². The van der Waals surface area contributed by atoms with Crippen LogP contribution in [0.1, 0.15) is 46.7 Å². The van der Waals surface area contributed by atoms with E-state index in [1.165, 1.54) is 17.7 Å². The Labute approximate surface area is 156 Å². The van der Waals surface area contributed by atoms with Crippen LogP contribution < -0.4 is 5.32 Å². The standard InChI is InChI=1S/C20H23N3O2S/c24-16(7-5-13-3-1-9-21-12-13)15-6-8-17(25)20-19(15)22-18(23-20)11-14-4-2-10-26-14/h2,4,6,8,10,13,21,25H,1,3,5,7,9,11-12H2,(H,22,23)/t13-/m1/s1. The largest absolute Gasteiger partial charge is 0.506 e. The second kappa shape index (κ2) is 7.60. The van der Waals surface area contributed by atoms with E-state index in [4.69, 9.17) is 0 Å². The molecule has 6 heteroatoms. The third kappa shape index (κ3) is 3.66. The van der Waals surface area contributed by atoms with E-state index in [1.807, 2.05) is 11.4 Å². The van der Waals surface area contributed by atoms with Crippen LogP contribution in [0.15, 0.2) is 29.6 Å². The normalized spacial score (nSPS) is 17.6. The van der Waals surface area contributed by atoms with Crippen LogP contribution in [0.3, 0.4) is 0 Å². The van der Waals surface area contributed by atoms with Gasteiger partial charge in [-0.15, -0.1) is 11.3 Å². The van der Waals surface area contributed by atoms with Gasteiger partial charge in [-0.1, -0.05) is 6.07 Å². The number of Topliss-reactive ketones (excluding diaryl/α,β-unsaturated/α-hetero) is 1. The molecule has 2 aromatic heterocycles. The van der Waals surface area contributed by atoms with Crippen molar-refractivity contribution in [3.63, 3.8) is 0 Å². The number of ketones is 1. The molecule has 0 bridgehead atoms. The number of hydrogen-bond donors (Lipinski definition) is 3. The first-order valence-electron chi connectivity index (χ1n) is 9.17. The van der Waals surface area contributed by atoms with Gasteiger partial charge in [0.25, 0.3) is 0 Å². The number of imidazole rings is 1. The average molecular weight is 369 g/mol. The predicted octanol–water partition coefficient (Wildman–Crippen LogP) is 3.88. The molecule has 1 saturated heterocycles. The number of carbonyl (C=O) groups is 1. The van der Waals surface area contributed by atoms with Crippen LogP contribution in [0.25, 0.3) is 11.0 Å². The first-order chi connectivity index (χ1) is 12.7. The van der Waals surface area contributed by atoms with E-state index < -0.39 is 0 Å². The van der Waals surface area contributed by atoms with Crippen LogP contribution in [-0.2, 0) is 6.42 Å². The SMILES string of the molecule is O=C(CC[C@H]1CCCNC1)c1ccc(O)c2[nH]c(Cc3cccs3)nc12. The molecule has 1 aromatic carbocycles. The molecule has 0 amide bonds. The predicted molar refractivity (Wildman–Crippen MR) is 104 cm³/mol. The van der Waals surface area contributed by atoms with E-state index in [1.54, 1.807) is 23.5 Å². The third-order valence-electron chi connectivity index (χ3n) is 5.07. The number of thiophene rings is 1. The molecule has 3 heterocycles. The van der Waals surface area contributed by atoms with Gasteiger partial charge in [0.15, 0.2) is 5.78 Å². The van der Waals surface area contributed by atoms with Crippen LogP contribution in [0.5, 0.6) is 5.75 Å². The molecular formula is C20H23N3O2S. The zero-order valence-electron chi connectivity index (χ0n) is 14.6. The minimum atomic E-state index is 0.106. The fourth-order valence-corrected chi connectivity index (χ4v) is 4.36. The van der Waals surface area contributed by atoms with Crippen LogP contribution >= 0.6 is 11.3 Å². The summed E-state index contributed by atoms with van der Waals surface area (Å²) in [6, 6.07) is 7.36. The Morgan fingerprint density at radius 3 is 3.04 bits per heavy atom. The van der Waals surface area contributed by atoms with Crippen LogP contribution in [0.2, 0.25) is 0 Å². The Morgan fingerprint density at radius 1 is 1.35 bits per heavy atom. The minimum absolute atomic E-state index is 0.106. The third-order valence-corrected chi connectivity index (χ3v) is 5.95. The van der Waals surface area contributed by atoms with Crippen LogP contribution in [0.4, 0.5) is 0 Å². The second-order valence-corrected chi connectivity index (χ2v) is 8.00. The lowest BCUT2D eigenvalue weighted by Crippen LogP contribution is -2.30. The molecule has 136 valence electrons. The minimum Gasteiger partial charge on any atom is -0.506 e. The lowest BCUT2D eigenvalue weighted by atomic mass is 9.92. The highest BCUT2D eigenvalue weighted by Gasteiger charge is 2.19. The highest BCUT2D eigenvalue weighted by molar-refractivity contribution is 7.09. The highest BCUT2D eigenvalue weighted by Crippen LogP contribution is 2.28. The molecule has 0 saturated carbocycles.